The van der Waals surface area contributed by atoms with Crippen LogP contribution >= 0.6 is 0 Å². The van der Waals surface area contributed by atoms with Crippen molar-refractivity contribution in [3.05, 3.63) is 241 Å². The lowest BCUT2D eigenvalue weighted by Gasteiger charge is -2.14. The van der Waals surface area contributed by atoms with Crippen LogP contribution in [0.15, 0.2) is 224 Å². The van der Waals surface area contributed by atoms with Crippen LogP contribution in [0.3, 0.4) is 0 Å². The summed E-state index contributed by atoms with van der Waals surface area (Å²) in [5.41, 5.74) is 15.6. The van der Waals surface area contributed by atoms with E-state index < -0.39 is 0 Å². The molecule has 8 aromatic carbocycles. The molecular formula is C54H38N2. The average Bonchev–Trinajstić information content (AvgIpc) is 3.29. The fourth-order valence-electron chi connectivity index (χ4n) is 7.39. The van der Waals surface area contributed by atoms with Crippen molar-refractivity contribution in [2.45, 2.75) is 0 Å². The molecule has 1 N–H and O–H groups in total. The predicted octanol–water partition coefficient (Wildman–Crippen LogP) is 14.1. The minimum atomic E-state index is 0.482. The predicted molar refractivity (Wildman–Crippen MR) is 236 cm³/mol. The first kappa shape index (κ1) is 34.4. The van der Waals surface area contributed by atoms with Gasteiger partial charge in [-0.3, -0.25) is 0 Å². The van der Waals surface area contributed by atoms with Gasteiger partial charge in [-0.2, -0.15) is 0 Å². The van der Waals surface area contributed by atoms with E-state index in [0.29, 0.717) is 5.71 Å². The van der Waals surface area contributed by atoms with Crippen LogP contribution in [-0.4, -0.2) is 10.7 Å². The largest absolute Gasteiger partial charge is 0.300 e. The van der Waals surface area contributed by atoms with Crippen LogP contribution in [0.1, 0.15) is 16.7 Å². The molecule has 0 fully saturated rings. The van der Waals surface area contributed by atoms with Gasteiger partial charge < -0.3 is 5.41 Å². The first-order valence-electron chi connectivity index (χ1n) is 18.9. The van der Waals surface area contributed by atoms with E-state index in [2.05, 4.69) is 170 Å². The normalized spacial score (nSPS) is 11.4. The lowest BCUT2D eigenvalue weighted by Crippen LogP contribution is -1.98. The topological polar surface area (TPSA) is 36.7 Å². The summed E-state index contributed by atoms with van der Waals surface area (Å²) in [7, 11) is 0. The van der Waals surface area contributed by atoms with Crippen LogP contribution in [0.4, 0.5) is 0 Å². The zero-order chi connectivity index (χ0) is 37.7. The van der Waals surface area contributed by atoms with E-state index in [1.54, 1.807) is 0 Å². The molecule has 0 amide bonds. The monoisotopic (exact) mass is 714 g/mol. The SMILES string of the molecule is N=C(/C=C(/c1ccccc1)c1cccc2ccc(-c3ccc(-c4ccc(-c5cc(-c6ccccc6)nc(-c6ccccc6)c5)cc4)cc3)cc12)c1ccccc1. The molecule has 0 aliphatic rings. The minimum Gasteiger partial charge on any atom is -0.300 e. The highest BCUT2D eigenvalue weighted by molar-refractivity contribution is 6.13. The molecule has 0 radical (unpaired) electrons. The molecule has 0 saturated heterocycles. The van der Waals surface area contributed by atoms with Crippen molar-refractivity contribution < 1.29 is 0 Å². The Morgan fingerprint density at radius 3 is 1.34 bits per heavy atom. The van der Waals surface area contributed by atoms with E-state index >= 15 is 0 Å². The Kier molecular flexibility index (Phi) is 9.52. The van der Waals surface area contributed by atoms with E-state index in [1.807, 2.05) is 54.6 Å². The standard InChI is InChI=1S/C54H38N2/c55-52(44-16-7-2-8-17-44)37-51(42-14-5-1-6-15-42)49-23-13-22-43-32-33-47(34-50(43)49)40-28-24-38(25-29-40)39-26-30-41(31-27-39)48-35-53(45-18-9-3-10-19-45)56-54(36-48)46-20-11-4-12-21-46/h1-37,55H/b51-37-,55-52?. The Morgan fingerprint density at radius 2 is 0.804 bits per heavy atom. The lowest BCUT2D eigenvalue weighted by atomic mass is 9.90. The molecule has 0 spiro atoms. The molecule has 0 unspecified atom stereocenters. The number of nitrogens with zero attached hydrogens (tertiary/aromatic N) is 1. The summed E-state index contributed by atoms with van der Waals surface area (Å²) >= 11 is 0. The first-order chi connectivity index (χ1) is 27.7. The van der Waals surface area contributed by atoms with Gasteiger partial charge in [0.15, 0.2) is 0 Å². The van der Waals surface area contributed by atoms with Crippen LogP contribution < -0.4 is 0 Å². The number of hydrogen-bond donors (Lipinski definition) is 1. The number of pyridine rings is 1. The third kappa shape index (κ3) is 7.24. The maximum atomic E-state index is 8.99. The molecule has 1 heterocycles. The molecule has 0 aliphatic heterocycles. The van der Waals surface area contributed by atoms with Crippen molar-refractivity contribution in [2.75, 3.05) is 0 Å². The summed E-state index contributed by atoms with van der Waals surface area (Å²) in [6.45, 7) is 0. The Bertz CT molecular complexity index is 2750. The number of benzene rings is 8. The number of aromatic nitrogens is 1. The Hall–Kier alpha value is -7.42. The molecule has 9 aromatic rings. The van der Waals surface area contributed by atoms with Gasteiger partial charge in [0.25, 0.3) is 0 Å². The second-order valence-electron chi connectivity index (χ2n) is 14.0. The van der Waals surface area contributed by atoms with Crippen molar-refractivity contribution >= 4 is 22.1 Å². The van der Waals surface area contributed by atoms with Crippen LogP contribution in [0, 0.1) is 5.41 Å². The van der Waals surface area contributed by atoms with Crippen LogP contribution in [-0.2, 0) is 0 Å². The quantitative estimate of drug-likeness (QED) is 0.149. The molecule has 1 aromatic heterocycles. The molecule has 56 heavy (non-hydrogen) atoms. The second-order valence-corrected chi connectivity index (χ2v) is 14.0. The van der Waals surface area contributed by atoms with Gasteiger partial charge >= 0.3 is 0 Å². The van der Waals surface area contributed by atoms with Gasteiger partial charge in [-0.05, 0) is 90.7 Å². The molecule has 2 heteroatoms. The highest BCUT2D eigenvalue weighted by atomic mass is 14.7. The van der Waals surface area contributed by atoms with Gasteiger partial charge in [-0.1, -0.05) is 200 Å². The van der Waals surface area contributed by atoms with E-state index in [-0.39, 0.29) is 0 Å². The van der Waals surface area contributed by atoms with Crippen molar-refractivity contribution in [3.8, 4) is 55.9 Å². The molecule has 0 atom stereocenters. The van der Waals surface area contributed by atoms with Gasteiger partial charge in [0.05, 0.1) is 17.1 Å². The molecule has 0 bridgehead atoms. The van der Waals surface area contributed by atoms with Gasteiger partial charge in [0.1, 0.15) is 0 Å². The Morgan fingerprint density at radius 1 is 0.357 bits per heavy atom. The third-order valence-electron chi connectivity index (χ3n) is 10.4. The molecule has 0 saturated carbocycles. The Labute approximate surface area is 328 Å². The second kappa shape index (κ2) is 15.5. The van der Waals surface area contributed by atoms with E-state index in [4.69, 9.17) is 10.4 Å². The molecule has 2 nitrogen and oxygen atoms in total. The zero-order valence-electron chi connectivity index (χ0n) is 30.8. The number of rotatable bonds is 9. The van der Waals surface area contributed by atoms with Crippen molar-refractivity contribution in [1.29, 1.82) is 5.41 Å². The molecule has 0 aliphatic carbocycles. The Balaban J connectivity index is 1.03. The zero-order valence-corrected chi connectivity index (χ0v) is 30.8. The summed E-state index contributed by atoms with van der Waals surface area (Å²) in [6, 6.07) is 76.3. The van der Waals surface area contributed by atoms with Crippen LogP contribution in [0.2, 0.25) is 0 Å². The highest BCUT2D eigenvalue weighted by Gasteiger charge is 2.13. The van der Waals surface area contributed by atoms with E-state index in [1.165, 1.54) is 11.1 Å². The highest BCUT2D eigenvalue weighted by Crippen LogP contribution is 2.35. The summed E-state index contributed by atoms with van der Waals surface area (Å²) < 4.78 is 0. The summed E-state index contributed by atoms with van der Waals surface area (Å²) in [6.07, 6.45) is 2.01. The van der Waals surface area contributed by atoms with E-state index in [9.17, 15) is 0 Å². The summed E-state index contributed by atoms with van der Waals surface area (Å²) in [5, 5.41) is 11.3. The molecular weight excluding hydrogens is 677 g/mol. The smallest absolute Gasteiger partial charge is 0.0715 e. The number of allylic oxidation sites excluding steroid dienone is 1. The number of hydrogen-bond acceptors (Lipinski definition) is 2. The fraction of sp³-hybridized carbons (Fsp3) is 0. The fourth-order valence-corrected chi connectivity index (χ4v) is 7.39. The molecule has 9 rings (SSSR count). The number of nitrogens with one attached hydrogen (secondary N) is 1. The van der Waals surface area contributed by atoms with Crippen LogP contribution in [0.5, 0.6) is 0 Å². The first-order valence-corrected chi connectivity index (χ1v) is 18.9. The van der Waals surface area contributed by atoms with Gasteiger partial charge in [0.2, 0.25) is 0 Å². The average molecular weight is 715 g/mol. The van der Waals surface area contributed by atoms with Gasteiger partial charge in [0, 0.05) is 11.1 Å². The number of fused-ring (bicyclic) bond motifs is 1. The maximum absolute atomic E-state index is 8.99. The van der Waals surface area contributed by atoms with Crippen LogP contribution in [0.25, 0.3) is 72.2 Å². The van der Waals surface area contributed by atoms with Crippen molar-refractivity contribution in [1.82, 2.24) is 4.98 Å². The maximum Gasteiger partial charge on any atom is 0.0715 e. The van der Waals surface area contributed by atoms with Crippen molar-refractivity contribution in [3.63, 3.8) is 0 Å². The van der Waals surface area contributed by atoms with Crippen molar-refractivity contribution in [2.24, 2.45) is 0 Å². The summed E-state index contributed by atoms with van der Waals surface area (Å²) in [4.78, 5) is 5.05. The molecule has 264 valence electrons. The van der Waals surface area contributed by atoms with Gasteiger partial charge in [-0.25, -0.2) is 4.98 Å². The lowest BCUT2D eigenvalue weighted by molar-refractivity contribution is 1.32. The van der Waals surface area contributed by atoms with Gasteiger partial charge in [-0.15, -0.1) is 0 Å². The van der Waals surface area contributed by atoms with E-state index in [0.717, 1.165) is 77.8 Å². The minimum absolute atomic E-state index is 0.482. The summed E-state index contributed by atoms with van der Waals surface area (Å²) in [5.74, 6) is 0. The third-order valence-corrected chi connectivity index (χ3v) is 10.4.